The number of halogens is 2. The van der Waals surface area contributed by atoms with Crippen LogP contribution in [0.2, 0.25) is 0 Å². The fourth-order valence-electron chi connectivity index (χ4n) is 1.56. The Balaban J connectivity index is 2.42. The first-order chi connectivity index (χ1) is 9.83. The summed E-state index contributed by atoms with van der Waals surface area (Å²) >= 11 is 3.16. The fraction of sp³-hybridized carbons (Fsp3) is 0.0769. The highest BCUT2D eigenvalue weighted by atomic mass is 79.9. The Bertz CT molecular complexity index is 781. The Labute approximate surface area is 130 Å². The molecule has 2 aromatic carbocycles. The molecule has 0 aromatic heterocycles. The van der Waals surface area contributed by atoms with Crippen molar-refractivity contribution in [3.8, 4) is 11.5 Å². The molecule has 2 aromatic rings. The van der Waals surface area contributed by atoms with Crippen molar-refractivity contribution in [2.45, 2.75) is 4.90 Å². The molecule has 2 rings (SSSR count). The SMILES string of the molecule is CNS(=O)(=O)c1ccc(N)c(Oc2ccc(F)cc2Br)c1. The molecule has 112 valence electrons. The van der Waals surface area contributed by atoms with E-state index in [1.165, 1.54) is 43.4 Å². The van der Waals surface area contributed by atoms with Crippen molar-refractivity contribution in [1.29, 1.82) is 0 Å². The van der Waals surface area contributed by atoms with Crippen molar-refractivity contribution in [3.63, 3.8) is 0 Å². The summed E-state index contributed by atoms with van der Waals surface area (Å²) in [4.78, 5) is 0.0208. The van der Waals surface area contributed by atoms with Gasteiger partial charge in [-0.3, -0.25) is 0 Å². The summed E-state index contributed by atoms with van der Waals surface area (Å²) < 4.78 is 44.7. The van der Waals surface area contributed by atoms with Gasteiger partial charge in [0.1, 0.15) is 11.6 Å². The Hall–Kier alpha value is -1.64. The van der Waals surface area contributed by atoms with Gasteiger partial charge in [0.05, 0.1) is 15.1 Å². The number of sulfonamides is 1. The average molecular weight is 375 g/mol. The molecule has 0 unspecified atom stereocenters. The van der Waals surface area contributed by atoms with Crippen LogP contribution in [0.1, 0.15) is 0 Å². The quantitative estimate of drug-likeness (QED) is 0.806. The Kier molecular flexibility index (Phi) is 4.50. The van der Waals surface area contributed by atoms with Gasteiger partial charge in [-0.1, -0.05) is 0 Å². The van der Waals surface area contributed by atoms with Crippen LogP contribution in [0.15, 0.2) is 45.8 Å². The van der Waals surface area contributed by atoms with E-state index in [-0.39, 0.29) is 16.3 Å². The number of hydrogen-bond donors (Lipinski definition) is 2. The van der Waals surface area contributed by atoms with Crippen LogP contribution >= 0.6 is 15.9 Å². The molecule has 0 bridgehead atoms. The van der Waals surface area contributed by atoms with E-state index < -0.39 is 15.8 Å². The summed E-state index contributed by atoms with van der Waals surface area (Å²) in [5.74, 6) is 0.0643. The summed E-state index contributed by atoms with van der Waals surface area (Å²) in [6, 6.07) is 7.98. The van der Waals surface area contributed by atoms with Crippen LogP contribution in [-0.2, 0) is 10.0 Å². The number of nitrogens with two attached hydrogens (primary N) is 1. The molecule has 0 aliphatic rings. The maximum atomic E-state index is 13.0. The molecular weight excluding hydrogens is 363 g/mol. The number of nitrogen functional groups attached to an aromatic ring is 1. The lowest BCUT2D eigenvalue weighted by Gasteiger charge is -2.12. The predicted molar refractivity (Wildman–Crippen MR) is 81.3 cm³/mol. The minimum absolute atomic E-state index is 0.0208. The normalized spacial score (nSPS) is 11.4. The van der Waals surface area contributed by atoms with Crippen LogP contribution < -0.4 is 15.2 Å². The van der Waals surface area contributed by atoms with Gasteiger partial charge in [-0.2, -0.15) is 0 Å². The number of rotatable bonds is 4. The first kappa shape index (κ1) is 15.7. The zero-order chi connectivity index (χ0) is 15.6. The van der Waals surface area contributed by atoms with Gasteiger partial charge in [0, 0.05) is 6.07 Å². The lowest BCUT2D eigenvalue weighted by atomic mass is 10.3. The Morgan fingerprint density at radius 1 is 1.19 bits per heavy atom. The van der Waals surface area contributed by atoms with Crippen molar-refractivity contribution in [1.82, 2.24) is 4.72 Å². The highest BCUT2D eigenvalue weighted by Gasteiger charge is 2.15. The average Bonchev–Trinajstić information content (AvgIpc) is 2.43. The van der Waals surface area contributed by atoms with E-state index in [0.717, 1.165) is 0 Å². The zero-order valence-electron chi connectivity index (χ0n) is 10.9. The topological polar surface area (TPSA) is 81.4 Å². The minimum atomic E-state index is -3.60. The molecule has 21 heavy (non-hydrogen) atoms. The molecule has 0 aliphatic carbocycles. The standard InChI is InChI=1S/C13H12BrFN2O3S/c1-17-21(18,19)9-3-4-11(16)13(7-9)20-12-5-2-8(15)6-10(12)14/h2-7,17H,16H2,1H3. The molecule has 0 amide bonds. The van der Waals surface area contributed by atoms with Crippen molar-refractivity contribution in [2.75, 3.05) is 12.8 Å². The van der Waals surface area contributed by atoms with Crippen molar-refractivity contribution in [2.24, 2.45) is 0 Å². The van der Waals surface area contributed by atoms with E-state index >= 15 is 0 Å². The maximum absolute atomic E-state index is 13.0. The molecule has 8 heteroatoms. The van der Waals surface area contributed by atoms with Crippen molar-refractivity contribution < 1.29 is 17.5 Å². The predicted octanol–water partition coefficient (Wildman–Crippen LogP) is 2.87. The molecule has 0 fully saturated rings. The number of ether oxygens (including phenoxy) is 1. The van der Waals surface area contributed by atoms with E-state index in [1.54, 1.807) is 0 Å². The van der Waals surface area contributed by atoms with Crippen LogP contribution in [-0.4, -0.2) is 15.5 Å². The molecule has 0 saturated carbocycles. The molecule has 3 N–H and O–H groups in total. The molecular formula is C13H12BrFN2O3S. The third-order valence-corrected chi connectivity index (χ3v) is 4.71. The van der Waals surface area contributed by atoms with Crippen molar-refractivity contribution >= 4 is 31.6 Å². The van der Waals surface area contributed by atoms with Gasteiger partial charge in [0.2, 0.25) is 10.0 Å². The minimum Gasteiger partial charge on any atom is -0.454 e. The maximum Gasteiger partial charge on any atom is 0.240 e. The third kappa shape index (κ3) is 3.52. The van der Waals surface area contributed by atoms with Crippen molar-refractivity contribution in [3.05, 3.63) is 46.7 Å². The highest BCUT2D eigenvalue weighted by Crippen LogP contribution is 2.34. The van der Waals surface area contributed by atoms with Gasteiger partial charge in [-0.15, -0.1) is 0 Å². The Morgan fingerprint density at radius 2 is 1.90 bits per heavy atom. The van der Waals surface area contributed by atoms with Gasteiger partial charge in [-0.05, 0) is 53.3 Å². The zero-order valence-corrected chi connectivity index (χ0v) is 13.3. The van der Waals surface area contributed by atoms with Gasteiger partial charge in [0.15, 0.2) is 5.75 Å². The molecule has 0 atom stereocenters. The van der Waals surface area contributed by atoms with Gasteiger partial charge in [-0.25, -0.2) is 17.5 Å². The van der Waals surface area contributed by atoms with E-state index in [4.69, 9.17) is 10.5 Å². The van der Waals surface area contributed by atoms with Crippen LogP contribution in [0.4, 0.5) is 10.1 Å². The van der Waals surface area contributed by atoms with Crippen LogP contribution in [0.5, 0.6) is 11.5 Å². The highest BCUT2D eigenvalue weighted by molar-refractivity contribution is 9.10. The van der Waals surface area contributed by atoms with Crippen LogP contribution in [0.25, 0.3) is 0 Å². The first-order valence-electron chi connectivity index (χ1n) is 5.79. The van der Waals surface area contributed by atoms with E-state index in [0.29, 0.717) is 10.2 Å². The summed E-state index contributed by atoms with van der Waals surface area (Å²) in [6.07, 6.45) is 0. The summed E-state index contributed by atoms with van der Waals surface area (Å²) in [7, 11) is -2.30. The van der Waals surface area contributed by atoms with Gasteiger partial charge in [0.25, 0.3) is 0 Å². The lowest BCUT2D eigenvalue weighted by Crippen LogP contribution is -2.18. The molecule has 5 nitrogen and oxygen atoms in total. The van der Waals surface area contributed by atoms with E-state index in [9.17, 15) is 12.8 Å². The second-order valence-corrected chi connectivity index (χ2v) is 6.82. The van der Waals surface area contributed by atoms with Crippen LogP contribution in [0, 0.1) is 5.82 Å². The monoisotopic (exact) mass is 374 g/mol. The number of benzene rings is 2. The molecule has 0 aliphatic heterocycles. The number of anilines is 1. The molecule has 0 heterocycles. The number of hydrogen-bond acceptors (Lipinski definition) is 4. The summed E-state index contributed by atoms with van der Waals surface area (Å²) in [5, 5.41) is 0. The van der Waals surface area contributed by atoms with Gasteiger partial charge >= 0.3 is 0 Å². The van der Waals surface area contributed by atoms with Crippen LogP contribution in [0.3, 0.4) is 0 Å². The fourth-order valence-corrected chi connectivity index (χ4v) is 2.74. The van der Waals surface area contributed by atoms with E-state index in [1.807, 2.05) is 0 Å². The smallest absolute Gasteiger partial charge is 0.240 e. The summed E-state index contributed by atoms with van der Waals surface area (Å²) in [5.41, 5.74) is 6.04. The third-order valence-electron chi connectivity index (χ3n) is 2.68. The molecule has 0 spiro atoms. The number of nitrogens with one attached hydrogen (secondary N) is 1. The second kappa shape index (κ2) is 6.00. The first-order valence-corrected chi connectivity index (χ1v) is 8.07. The van der Waals surface area contributed by atoms with Gasteiger partial charge < -0.3 is 10.5 Å². The molecule has 0 saturated heterocycles. The summed E-state index contributed by atoms with van der Waals surface area (Å²) in [6.45, 7) is 0. The lowest BCUT2D eigenvalue weighted by molar-refractivity contribution is 0.477. The van der Waals surface area contributed by atoms with E-state index in [2.05, 4.69) is 20.7 Å². The molecule has 0 radical (unpaired) electrons. The Morgan fingerprint density at radius 3 is 2.52 bits per heavy atom. The largest absolute Gasteiger partial charge is 0.454 e. The second-order valence-electron chi connectivity index (χ2n) is 4.08.